The van der Waals surface area contributed by atoms with E-state index in [1.165, 1.54) is 93.9 Å². The van der Waals surface area contributed by atoms with Gasteiger partial charge < -0.3 is 9.80 Å². The Kier molecular flexibility index (Phi) is 8.69. The molecule has 0 aromatic heterocycles. The van der Waals surface area contributed by atoms with E-state index in [1.807, 2.05) is 0 Å². The van der Waals surface area contributed by atoms with Crippen LogP contribution in [0.1, 0.15) is 27.8 Å². The second kappa shape index (κ2) is 14.6. The molecule has 0 N–H and O–H groups in total. The smallest absolute Gasteiger partial charge is 0.0803 e. The van der Waals surface area contributed by atoms with E-state index in [4.69, 9.17) is 0 Å². The molecule has 0 fully saturated rings. The van der Waals surface area contributed by atoms with Crippen LogP contribution in [-0.4, -0.2) is 8.07 Å². The van der Waals surface area contributed by atoms with Gasteiger partial charge in [-0.05, 0) is 145 Å². The van der Waals surface area contributed by atoms with Crippen LogP contribution in [0.4, 0.5) is 34.1 Å². The second-order valence-corrected chi connectivity index (χ2v) is 23.6. The summed E-state index contributed by atoms with van der Waals surface area (Å²) in [4.78, 5) is 4.97. The molecule has 2 nitrogen and oxygen atoms in total. The number of hydrogen-bond acceptors (Lipinski definition) is 2. The minimum atomic E-state index is -1.73. The van der Waals surface area contributed by atoms with Crippen LogP contribution >= 0.6 is 0 Å². The number of nitrogens with zero attached hydrogens (tertiary/aromatic N) is 2. The summed E-state index contributed by atoms with van der Waals surface area (Å²) in [6.45, 7) is 9.57. The van der Waals surface area contributed by atoms with Crippen molar-refractivity contribution in [2.75, 3.05) is 9.80 Å². The maximum Gasteiger partial charge on any atom is 0.0803 e. The molecule has 1 spiro atoms. The maximum atomic E-state index is 2.55. The third kappa shape index (κ3) is 5.64. The SMILES string of the molecule is Cc1ccccc1N(c1ccccc1)c1cc2c(c3ccccc13)-c1cc3ccc(N(c4ccccc4)c4ccccc4[Si](C)(C)C)cc3cc1C21c2ccccc2-c2ccccc21. The monoisotopic (exact) mass is 836 g/mol. The fraction of sp³-hybridized carbons (Fsp3) is 0.0820. The quantitative estimate of drug-likeness (QED) is 0.148. The lowest BCUT2D eigenvalue weighted by Gasteiger charge is -2.33. The predicted octanol–water partition coefficient (Wildman–Crippen LogP) is 16.1. The van der Waals surface area contributed by atoms with Gasteiger partial charge in [0.1, 0.15) is 0 Å². The summed E-state index contributed by atoms with van der Waals surface area (Å²) in [5.74, 6) is 0. The van der Waals surface area contributed by atoms with Gasteiger partial charge in [-0.15, -0.1) is 0 Å². The Morgan fingerprint density at radius 2 is 0.922 bits per heavy atom. The van der Waals surface area contributed by atoms with E-state index < -0.39 is 13.5 Å². The Hall–Kier alpha value is -7.46. The summed E-state index contributed by atoms with van der Waals surface area (Å²) in [6, 6.07) is 81.8. The summed E-state index contributed by atoms with van der Waals surface area (Å²) in [6.07, 6.45) is 0. The van der Waals surface area contributed by atoms with Gasteiger partial charge in [-0.3, -0.25) is 0 Å². The summed E-state index contributed by atoms with van der Waals surface area (Å²) >= 11 is 0. The molecular formula is C61H48N2Si. The molecule has 0 saturated carbocycles. The van der Waals surface area contributed by atoms with Gasteiger partial charge >= 0.3 is 0 Å². The van der Waals surface area contributed by atoms with Crippen molar-refractivity contribution >= 4 is 68.9 Å². The molecule has 0 aliphatic heterocycles. The zero-order valence-corrected chi connectivity index (χ0v) is 37.7. The van der Waals surface area contributed by atoms with Crippen LogP contribution in [0.5, 0.6) is 0 Å². The molecular weight excluding hydrogens is 789 g/mol. The predicted molar refractivity (Wildman–Crippen MR) is 275 cm³/mol. The minimum absolute atomic E-state index is 0.557. The van der Waals surface area contributed by atoms with Gasteiger partial charge in [-0.25, -0.2) is 0 Å². The van der Waals surface area contributed by atoms with E-state index in [0.717, 1.165) is 17.1 Å². The van der Waals surface area contributed by atoms with E-state index in [0.29, 0.717) is 0 Å². The molecule has 3 heteroatoms. The highest BCUT2D eigenvalue weighted by Gasteiger charge is 2.52. The van der Waals surface area contributed by atoms with Gasteiger partial charge in [-0.1, -0.05) is 171 Å². The van der Waals surface area contributed by atoms with Crippen LogP contribution in [0.15, 0.2) is 218 Å². The van der Waals surface area contributed by atoms with E-state index in [1.54, 1.807) is 0 Å². The first-order valence-electron chi connectivity index (χ1n) is 22.5. The van der Waals surface area contributed by atoms with Gasteiger partial charge in [0.15, 0.2) is 0 Å². The Balaban J connectivity index is 1.18. The average Bonchev–Trinajstić information content (AvgIpc) is 3.79. The lowest BCUT2D eigenvalue weighted by molar-refractivity contribution is 0.795. The standard InChI is InChI=1S/C61H48N2Si/c1-41-21-11-18-32-56(41)63(45-24-9-6-10-25-45)58-40-55-60(50-29-13-12-28-49(50)58)51-38-42-35-36-46(62(44-22-7-5-8-23-44)57-33-19-20-34-59(57)64(2,3)4)37-43(42)39-54(51)61(55)52-30-16-14-26-47(52)48-27-15-17-31-53(48)61/h5-40H,1-4H3. The van der Waals surface area contributed by atoms with Gasteiger partial charge in [-0.2, -0.15) is 0 Å². The first-order valence-corrected chi connectivity index (χ1v) is 26.0. The van der Waals surface area contributed by atoms with Crippen molar-refractivity contribution in [3.05, 3.63) is 246 Å². The summed E-state index contributed by atoms with van der Waals surface area (Å²) < 4.78 is 0. The number of hydrogen-bond donors (Lipinski definition) is 0. The number of benzene rings is 10. The topological polar surface area (TPSA) is 6.48 Å². The summed E-state index contributed by atoms with van der Waals surface area (Å²) in [7, 11) is -1.73. The fourth-order valence-electron chi connectivity index (χ4n) is 11.1. The summed E-state index contributed by atoms with van der Waals surface area (Å²) in [5.41, 5.74) is 18.3. The van der Waals surface area contributed by atoms with Gasteiger partial charge in [0.2, 0.25) is 0 Å². The molecule has 0 unspecified atom stereocenters. The van der Waals surface area contributed by atoms with Gasteiger partial charge in [0.25, 0.3) is 0 Å². The number of para-hydroxylation sites is 4. The number of rotatable bonds is 7. The van der Waals surface area contributed by atoms with Crippen LogP contribution in [-0.2, 0) is 5.41 Å². The zero-order chi connectivity index (χ0) is 43.2. The lowest BCUT2D eigenvalue weighted by Crippen LogP contribution is -2.40. The van der Waals surface area contributed by atoms with Gasteiger partial charge in [0.05, 0.1) is 19.2 Å². The second-order valence-electron chi connectivity index (χ2n) is 18.5. The average molecular weight is 837 g/mol. The summed E-state index contributed by atoms with van der Waals surface area (Å²) in [5, 5.41) is 6.40. The molecule has 12 rings (SSSR count). The molecule has 2 aliphatic rings. The van der Waals surface area contributed by atoms with Crippen molar-refractivity contribution in [1.82, 2.24) is 0 Å². The van der Waals surface area contributed by atoms with Crippen molar-refractivity contribution in [3.63, 3.8) is 0 Å². The van der Waals surface area contributed by atoms with Crippen molar-refractivity contribution in [2.45, 2.75) is 32.0 Å². The van der Waals surface area contributed by atoms with Crippen LogP contribution in [0.25, 0.3) is 43.8 Å². The zero-order valence-electron chi connectivity index (χ0n) is 36.7. The Bertz CT molecular complexity index is 3410. The van der Waals surface area contributed by atoms with Crippen molar-refractivity contribution in [2.24, 2.45) is 0 Å². The molecule has 0 saturated heterocycles. The molecule has 2 aliphatic carbocycles. The molecule has 64 heavy (non-hydrogen) atoms. The fourth-order valence-corrected chi connectivity index (χ4v) is 12.7. The molecule has 0 amide bonds. The van der Waals surface area contributed by atoms with Crippen LogP contribution in [0.2, 0.25) is 19.6 Å². The van der Waals surface area contributed by atoms with Crippen molar-refractivity contribution < 1.29 is 0 Å². The molecule has 306 valence electrons. The van der Waals surface area contributed by atoms with E-state index in [9.17, 15) is 0 Å². The van der Waals surface area contributed by atoms with Crippen LogP contribution in [0.3, 0.4) is 0 Å². The number of fused-ring (bicyclic) bond motifs is 13. The van der Waals surface area contributed by atoms with Crippen LogP contribution in [0, 0.1) is 6.92 Å². The minimum Gasteiger partial charge on any atom is -0.311 e. The van der Waals surface area contributed by atoms with Gasteiger partial charge in [0, 0.05) is 33.8 Å². The van der Waals surface area contributed by atoms with E-state index >= 15 is 0 Å². The Labute approximate surface area is 377 Å². The molecule has 10 aromatic carbocycles. The van der Waals surface area contributed by atoms with E-state index in [-0.39, 0.29) is 0 Å². The third-order valence-corrected chi connectivity index (χ3v) is 15.9. The van der Waals surface area contributed by atoms with Crippen molar-refractivity contribution in [1.29, 1.82) is 0 Å². The largest absolute Gasteiger partial charge is 0.311 e. The highest BCUT2D eigenvalue weighted by atomic mass is 28.3. The molecule has 0 radical (unpaired) electrons. The number of anilines is 6. The molecule has 0 heterocycles. The van der Waals surface area contributed by atoms with Crippen LogP contribution < -0.4 is 15.0 Å². The lowest BCUT2D eigenvalue weighted by atomic mass is 9.70. The third-order valence-electron chi connectivity index (χ3n) is 13.8. The Morgan fingerprint density at radius 1 is 0.359 bits per heavy atom. The normalized spacial score (nSPS) is 13.1. The Morgan fingerprint density at radius 3 is 1.59 bits per heavy atom. The molecule has 0 bridgehead atoms. The van der Waals surface area contributed by atoms with E-state index in [2.05, 4.69) is 255 Å². The molecule has 0 atom stereocenters. The van der Waals surface area contributed by atoms with Crippen molar-refractivity contribution in [3.8, 4) is 22.3 Å². The first-order chi connectivity index (χ1) is 31.3. The first kappa shape index (κ1) is 38.2. The highest BCUT2D eigenvalue weighted by molar-refractivity contribution is 6.89. The highest BCUT2D eigenvalue weighted by Crippen LogP contribution is 2.65. The number of aryl methyl sites for hydroxylation is 1. The molecule has 10 aromatic rings. The maximum absolute atomic E-state index is 2.55.